The van der Waals surface area contributed by atoms with Gasteiger partial charge in [0.15, 0.2) is 0 Å². The number of benzene rings is 1. The lowest BCUT2D eigenvalue weighted by Crippen LogP contribution is -2.35. The van der Waals surface area contributed by atoms with E-state index in [4.69, 9.17) is 17.3 Å². The van der Waals surface area contributed by atoms with Gasteiger partial charge in [-0.1, -0.05) is 31.5 Å². The van der Waals surface area contributed by atoms with Crippen LogP contribution in [-0.4, -0.2) is 23.4 Å². The third kappa shape index (κ3) is 3.12. The van der Waals surface area contributed by atoms with Gasteiger partial charge < -0.3 is 10.6 Å². The van der Waals surface area contributed by atoms with E-state index in [2.05, 4.69) is 29.8 Å². The summed E-state index contributed by atoms with van der Waals surface area (Å²) in [5, 5.41) is 0.664. The molecule has 1 saturated heterocycles. The first-order chi connectivity index (χ1) is 8.90. The van der Waals surface area contributed by atoms with Crippen molar-refractivity contribution < 1.29 is 4.79 Å². The lowest BCUT2D eigenvalue weighted by Gasteiger charge is -2.29. The van der Waals surface area contributed by atoms with E-state index in [1.165, 1.54) is 0 Å². The largest absolute Gasteiger partial charge is 0.334 e. The molecule has 1 aliphatic rings. The molecule has 5 heteroatoms. The average molecular weight is 346 g/mol. The predicted molar refractivity (Wildman–Crippen MR) is 81.0 cm³/mol. The molecule has 0 aromatic heterocycles. The molecule has 0 bridgehead atoms. The minimum Gasteiger partial charge on any atom is -0.334 e. The summed E-state index contributed by atoms with van der Waals surface area (Å²) in [6, 6.07) is 5.54. The average Bonchev–Trinajstić information content (AvgIpc) is 2.57. The molecule has 1 amide bonds. The van der Waals surface area contributed by atoms with E-state index in [-0.39, 0.29) is 18.0 Å². The second kappa shape index (κ2) is 5.81. The van der Waals surface area contributed by atoms with Gasteiger partial charge in [0, 0.05) is 23.5 Å². The Hall–Kier alpha value is -0.580. The molecule has 0 radical (unpaired) electrons. The Bertz CT molecular complexity index is 492. The number of carbonyl (C=O) groups is 1. The van der Waals surface area contributed by atoms with Crippen LogP contribution in [0.15, 0.2) is 22.7 Å². The summed E-state index contributed by atoms with van der Waals surface area (Å²) in [5.41, 5.74) is 7.18. The van der Waals surface area contributed by atoms with Crippen molar-refractivity contribution in [1.29, 1.82) is 0 Å². The minimum atomic E-state index is -0.153. The summed E-state index contributed by atoms with van der Waals surface area (Å²) >= 11 is 9.44. The summed E-state index contributed by atoms with van der Waals surface area (Å²) in [6.45, 7) is 4.94. The summed E-state index contributed by atoms with van der Waals surface area (Å²) in [5.74, 6) is 0.560. The van der Waals surface area contributed by atoms with Crippen molar-refractivity contribution >= 4 is 33.4 Å². The first-order valence-electron chi connectivity index (χ1n) is 6.40. The fraction of sp³-hybridized carbons (Fsp3) is 0.500. The van der Waals surface area contributed by atoms with Crippen molar-refractivity contribution in [3.05, 3.63) is 33.3 Å². The second-order valence-corrected chi connectivity index (χ2v) is 6.69. The minimum absolute atomic E-state index is 0.0523. The van der Waals surface area contributed by atoms with Gasteiger partial charge in [-0.05, 0) is 39.5 Å². The molecule has 3 nitrogen and oxygen atoms in total. The van der Waals surface area contributed by atoms with E-state index in [1.54, 1.807) is 0 Å². The van der Waals surface area contributed by atoms with Gasteiger partial charge in [0.2, 0.25) is 5.91 Å². The maximum Gasteiger partial charge on any atom is 0.224 e. The third-order valence-electron chi connectivity index (χ3n) is 3.32. The van der Waals surface area contributed by atoms with E-state index < -0.39 is 0 Å². The van der Waals surface area contributed by atoms with Crippen LogP contribution in [0, 0.1) is 5.92 Å². The molecule has 104 valence electrons. The molecule has 1 fully saturated rings. The van der Waals surface area contributed by atoms with Gasteiger partial charge in [0.05, 0.1) is 11.1 Å². The highest BCUT2D eigenvalue weighted by molar-refractivity contribution is 9.10. The van der Waals surface area contributed by atoms with Crippen LogP contribution < -0.4 is 5.73 Å². The van der Waals surface area contributed by atoms with Crippen LogP contribution >= 0.6 is 27.5 Å². The summed E-state index contributed by atoms with van der Waals surface area (Å²) in [7, 11) is 0. The first kappa shape index (κ1) is 14.8. The number of hydrogen-bond donors (Lipinski definition) is 1. The summed E-state index contributed by atoms with van der Waals surface area (Å²) in [4.78, 5) is 14.0. The van der Waals surface area contributed by atoms with Gasteiger partial charge in [0.1, 0.15) is 0 Å². The highest BCUT2D eigenvalue weighted by atomic mass is 79.9. The zero-order valence-corrected chi connectivity index (χ0v) is 13.4. The van der Waals surface area contributed by atoms with Crippen LogP contribution in [0.2, 0.25) is 5.02 Å². The van der Waals surface area contributed by atoms with Crippen molar-refractivity contribution in [3.8, 4) is 0 Å². The maximum atomic E-state index is 12.1. The van der Waals surface area contributed by atoms with Gasteiger partial charge in [0.25, 0.3) is 0 Å². The number of halogens is 2. The zero-order valence-electron chi connectivity index (χ0n) is 11.1. The predicted octanol–water partition coefficient (Wildman–Crippen LogP) is 3.36. The number of amides is 1. The number of likely N-dealkylation sites (tertiary alicyclic amines) is 1. The Balaban J connectivity index is 2.33. The number of nitrogens with zero attached hydrogens (tertiary/aromatic N) is 1. The molecule has 0 spiro atoms. The molecule has 19 heavy (non-hydrogen) atoms. The van der Waals surface area contributed by atoms with Crippen LogP contribution in [0.3, 0.4) is 0 Å². The molecule has 2 rings (SSSR count). The van der Waals surface area contributed by atoms with Crippen molar-refractivity contribution in [2.24, 2.45) is 11.7 Å². The molecular formula is C14H18BrClN2O. The normalized spacial score (nSPS) is 23.5. The molecule has 2 atom stereocenters. The van der Waals surface area contributed by atoms with Gasteiger partial charge in [-0.3, -0.25) is 4.79 Å². The van der Waals surface area contributed by atoms with Crippen molar-refractivity contribution in [2.75, 3.05) is 6.54 Å². The molecular weight excluding hydrogens is 328 g/mol. The first-order valence-corrected chi connectivity index (χ1v) is 7.57. The lowest BCUT2D eigenvalue weighted by molar-refractivity contribution is -0.129. The Kier molecular flexibility index (Phi) is 4.54. The van der Waals surface area contributed by atoms with Gasteiger partial charge in [-0.15, -0.1) is 0 Å². The van der Waals surface area contributed by atoms with E-state index in [1.807, 2.05) is 23.1 Å². The Labute approximate surface area is 127 Å². The quantitative estimate of drug-likeness (QED) is 0.913. The van der Waals surface area contributed by atoms with Gasteiger partial charge >= 0.3 is 0 Å². The summed E-state index contributed by atoms with van der Waals surface area (Å²) < 4.78 is 0.836. The van der Waals surface area contributed by atoms with Crippen LogP contribution in [0.25, 0.3) is 0 Å². The maximum absolute atomic E-state index is 12.1. The van der Waals surface area contributed by atoms with E-state index in [0.29, 0.717) is 17.4 Å². The SMILES string of the molecule is CC(C)CN1C(=O)CC(N)C1c1ccc(Cl)c(Br)c1. The van der Waals surface area contributed by atoms with Crippen LogP contribution in [0.1, 0.15) is 31.9 Å². The molecule has 2 N–H and O–H groups in total. The number of carbonyl (C=O) groups excluding carboxylic acids is 1. The van der Waals surface area contributed by atoms with Crippen molar-refractivity contribution in [1.82, 2.24) is 4.90 Å². The van der Waals surface area contributed by atoms with Crippen molar-refractivity contribution in [3.63, 3.8) is 0 Å². The second-order valence-electron chi connectivity index (χ2n) is 5.43. The lowest BCUT2D eigenvalue weighted by atomic mass is 10.0. The Morgan fingerprint density at radius 2 is 2.21 bits per heavy atom. The highest BCUT2D eigenvalue weighted by Gasteiger charge is 2.38. The van der Waals surface area contributed by atoms with Crippen LogP contribution in [0.5, 0.6) is 0 Å². The summed E-state index contributed by atoms with van der Waals surface area (Å²) in [6.07, 6.45) is 0.414. The third-order valence-corrected chi connectivity index (χ3v) is 4.53. The Morgan fingerprint density at radius 3 is 2.79 bits per heavy atom. The molecule has 1 aromatic rings. The van der Waals surface area contributed by atoms with Crippen molar-refractivity contribution in [2.45, 2.75) is 32.4 Å². The molecule has 0 aliphatic carbocycles. The van der Waals surface area contributed by atoms with Crippen LogP contribution in [-0.2, 0) is 4.79 Å². The topological polar surface area (TPSA) is 46.3 Å². The van der Waals surface area contributed by atoms with E-state index >= 15 is 0 Å². The smallest absolute Gasteiger partial charge is 0.224 e. The molecule has 1 aliphatic heterocycles. The highest BCUT2D eigenvalue weighted by Crippen LogP contribution is 2.35. The standard InChI is InChI=1S/C14H18BrClN2O/c1-8(2)7-18-13(19)6-12(17)14(18)9-3-4-11(16)10(15)5-9/h3-5,8,12,14H,6-7,17H2,1-2H3. The van der Waals surface area contributed by atoms with E-state index in [0.717, 1.165) is 16.6 Å². The number of rotatable bonds is 3. The number of nitrogens with two attached hydrogens (primary N) is 1. The molecule has 1 aromatic carbocycles. The zero-order chi connectivity index (χ0) is 14.2. The fourth-order valence-corrected chi connectivity index (χ4v) is 3.06. The van der Waals surface area contributed by atoms with Gasteiger partial charge in [-0.25, -0.2) is 0 Å². The number of hydrogen-bond acceptors (Lipinski definition) is 2. The molecule has 1 heterocycles. The molecule has 0 saturated carbocycles. The van der Waals surface area contributed by atoms with Gasteiger partial charge in [-0.2, -0.15) is 0 Å². The Morgan fingerprint density at radius 1 is 1.53 bits per heavy atom. The fourth-order valence-electron chi connectivity index (χ4n) is 2.55. The molecule has 2 unspecified atom stereocenters. The van der Waals surface area contributed by atoms with E-state index in [9.17, 15) is 4.79 Å². The monoisotopic (exact) mass is 344 g/mol. The van der Waals surface area contributed by atoms with Crippen LogP contribution in [0.4, 0.5) is 0 Å².